The first kappa shape index (κ1) is 18.6. The van der Waals surface area contributed by atoms with Gasteiger partial charge in [0, 0.05) is 19.0 Å². The molecule has 0 saturated carbocycles. The van der Waals surface area contributed by atoms with E-state index in [1.165, 1.54) is 11.4 Å². The van der Waals surface area contributed by atoms with E-state index in [2.05, 4.69) is 0 Å². The number of para-hydroxylation sites is 1. The number of methoxy groups -OCH3 is 1. The van der Waals surface area contributed by atoms with Crippen LogP contribution in [0.3, 0.4) is 0 Å². The average molecular weight is 373 g/mol. The number of piperidine rings is 1. The zero-order valence-corrected chi connectivity index (χ0v) is 15.8. The maximum Gasteiger partial charge on any atom is 0.243 e. The summed E-state index contributed by atoms with van der Waals surface area (Å²) in [5.74, 6) is 0.0996. The van der Waals surface area contributed by atoms with Crippen LogP contribution < -0.4 is 4.74 Å². The van der Waals surface area contributed by atoms with Gasteiger partial charge in [0.05, 0.1) is 17.6 Å². The van der Waals surface area contributed by atoms with Gasteiger partial charge in [0.15, 0.2) is 5.78 Å². The molecule has 2 aromatic rings. The highest BCUT2D eigenvalue weighted by Crippen LogP contribution is 2.29. The minimum Gasteiger partial charge on any atom is -0.496 e. The lowest BCUT2D eigenvalue weighted by Crippen LogP contribution is -2.42. The molecular weight excluding hydrogens is 350 g/mol. The van der Waals surface area contributed by atoms with Gasteiger partial charge in [-0.1, -0.05) is 29.8 Å². The molecule has 2 aromatic carbocycles. The Morgan fingerprint density at radius 3 is 2.50 bits per heavy atom. The van der Waals surface area contributed by atoms with Crippen molar-refractivity contribution in [3.05, 3.63) is 59.7 Å². The molecule has 0 spiro atoms. The van der Waals surface area contributed by atoms with E-state index in [9.17, 15) is 13.2 Å². The highest BCUT2D eigenvalue weighted by Gasteiger charge is 2.34. The second kappa shape index (κ2) is 7.60. The van der Waals surface area contributed by atoms with Gasteiger partial charge in [-0.25, -0.2) is 8.42 Å². The van der Waals surface area contributed by atoms with Gasteiger partial charge in [-0.3, -0.25) is 4.79 Å². The summed E-state index contributed by atoms with van der Waals surface area (Å²) < 4.78 is 32.5. The van der Waals surface area contributed by atoms with Crippen LogP contribution in [0.4, 0.5) is 0 Å². The zero-order chi connectivity index (χ0) is 18.7. The second-order valence-corrected chi connectivity index (χ2v) is 8.52. The van der Waals surface area contributed by atoms with Gasteiger partial charge in [0.2, 0.25) is 10.0 Å². The van der Waals surface area contributed by atoms with Gasteiger partial charge in [0.25, 0.3) is 0 Å². The van der Waals surface area contributed by atoms with Crippen LogP contribution in [-0.2, 0) is 10.0 Å². The fourth-order valence-corrected chi connectivity index (χ4v) is 4.83. The lowest BCUT2D eigenvalue weighted by molar-refractivity contribution is 0.0869. The molecule has 5 nitrogen and oxygen atoms in total. The van der Waals surface area contributed by atoms with Crippen molar-refractivity contribution in [3.8, 4) is 5.75 Å². The molecule has 0 aromatic heterocycles. The van der Waals surface area contributed by atoms with Crippen molar-refractivity contribution in [2.75, 3.05) is 20.2 Å². The van der Waals surface area contributed by atoms with Crippen molar-refractivity contribution in [2.24, 2.45) is 5.92 Å². The molecule has 6 heteroatoms. The molecule has 0 amide bonds. The Labute approximate surface area is 154 Å². The molecule has 1 aliphatic heterocycles. The van der Waals surface area contributed by atoms with Crippen LogP contribution in [-0.4, -0.2) is 38.7 Å². The summed E-state index contributed by atoms with van der Waals surface area (Å²) in [5.41, 5.74) is 1.52. The normalized spacial score (nSPS) is 18.5. The van der Waals surface area contributed by atoms with E-state index in [1.54, 1.807) is 42.5 Å². The molecule has 0 aliphatic carbocycles. The van der Waals surface area contributed by atoms with Crippen molar-refractivity contribution < 1.29 is 17.9 Å². The topological polar surface area (TPSA) is 63.7 Å². The molecule has 26 heavy (non-hydrogen) atoms. The molecule has 1 fully saturated rings. The van der Waals surface area contributed by atoms with Crippen molar-refractivity contribution in [3.63, 3.8) is 0 Å². The number of carbonyl (C=O) groups excluding carboxylic acids is 1. The third-order valence-electron chi connectivity index (χ3n) is 4.79. The minimum atomic E-state index is -3.59. The average Bonchev–Trinajstić information content (AvgIpc) is 2.68. The van der Waals surface area contributed by atoms with Gasteiger partial charge in [-0.2, -0.15) is 4.31 Å². The monoisotopic (exact) mass is 373 g/mol. The Morgan fingerprint density at radius 1 is 1.12 bits per heavy atom. The van der Waals surface area contributed by atoms with E-state index < -0.39 is 10.0 Å². The third kappa shape index (κ3) is 3.66. The first-order valence-corrected chi connectivity index (χ1v) is 10.1. The summed E-state index contributed by atoms with van der Waals surface area (Å²) in [6.45, 7) is 2.55. The summed E-state index contributed by atoms with van der Waals surface area (Å²) in [4.78, 5) is 13.2. The van der Waals surface area contributed by atoms with Crippen molar-refractivity contribution in [2.45, 2.75) is 24.7 Å². The number of hydrogen-bond acceptors (Lipinski definition) is 4. The molecular formula is C20H23NO4S. The summed E-state index contributed by atoms with van der Waals surface area (Å²) in [5, 5.41) is 0. The Balaban J connectivity index is 1.83. The van der Waals surface area contributed by atoms with E-state index in [0.29, 0.717) is 30.7 Å². The number of ketones is 1. The standard InChI is InChI=1S/C20H23NO4S/c1-15-9-11-17(12-10-15)26(23,24)21-13-5-6-16(14-21)20(22)18-7-3-4-8-19(18)25-2/h3-4,7-12,16H,5-6,13-14H2,1-2H3. The van der Waals surface area contributed by atoms with Crippen LogP contribution >= 0.6 is 0 Å². The van der Waals surface area contributed by atoms with Crippen LogP contribution in [0, 0.1) is 12.8 Å². The van der Waals surface area contributed by atoms with Crippen molar-refractivity contribution >= 4 is 15.8 Å². The fourth-order valence-electron chi connectivity index (χ4n) is 3.30. The van der Waals surface area contributed by atoms with Crippen LogP contribution in [0.5, 0.6) is 5.75 Å². The molecule has 0 N–H and O–H groups in total. The predicted molar refractivity (Wildman–Crippen MR) is 100.0 cm³/mol. The summed E-state index contributed by atoms with van der Waals surface area (Å²) in [6.07, 6.45) is 1.34. The van der Waals surface area contributed by atoms with Gasteiger partial charge < -0.3 is 4.74 Å². The molecule has 3 rings (SSSR count). The fraction of sp³-hybridized carbons (Fsp3) is 0.350. The smallest absolute Gasteiger partial charge is 0.243 e. The molecule has 1 unspecified atom stereocenters. The quantitative estimate of drug-likeness (QED) is 0.755. The van der Waals surface area contributed by atoms with Crippen molar-refractivity contribution in [1.82, 2.24) is 4.31 Å². The lowest BCUT2D eigenvalue weighted by atomic mass is 9.90. The van der Waals surface area contributed by atoms with E-state index in [4.69, 9.17) is 4.74 Å². The number of aryl methyl sites for hydroxylation is 1. The minimum absolute atomic E-state index is 0.0637. The maximum absolute atomic E-state index is 12.9. The molecule has 0 bridgehead atoms. The SMILES string of the molecule is COc1ccccc1C(=O)C1CCCN(S(=O)(=O)c2ccc(C)cc2)C1. The molecule has 1 saturated heterocycles. The van der Waals surface area contributed by atoms with Gasteiger partial charge >= 0.3 is 0 Å². The van der Waals surface area contributed by atoms with E-state index in [0.717, 1.165) is 5.56 Å². The first-order valence-electron chi connectivity index (χ1n) is 8.67. The van der Waals surface area contributed by atoms with Crippen LogP contribution in [0.1, 0.15) is 28.8 Å². The number of nitrogens with zero attached hydrogens (tertiary/aromatic N) is 1. The molecule has 0 radical (unpaired) electrons. The van der Waals surface area contributed by atoms with Gasteiger partial charge in [-0.15, -0.1) is 0 Å². The number of ether oxygens (including phenoxy) is 1. The Kier molecular flexibility index (Phi) is 5.44. The Bertz CT molecular complexity index is 890. The van der Waals surface area contributed by atoms with Gasteiger partial charge in [0.1, 0.15) is 5.75 Å². The van der Waals surface area contributed by atoms with Gasteiger partial charge in [-0.05, 0) is 44.0 Å². The van der Waals surface area contributed by atoms with Crippen molar-refractivity contribution in [1.29, 1.82) is 0 Å². The molecule has 1 heterocycles. The first-order chi connectivity index (χ1) is 12.4. The zero-order valence-electron chi connectivity index (χ0n) is 15.0. The number of carbonyl (C=O) groups is 1. The number of rotatable bonds is 5. The number of benzene rings is 2. The number of Topliss-reactive ketones (excluding diaryl/α,β-unsaturated/α-hetero) is 1. The molecule has 138 valence electrons. The van der Waals surface area contributed by atoms with E-state index in [1.807, 2.05) is 13.0 Å². The van der Waals surface area contributed by atoms with E-state index >= 15 is 0 Å². The summed E-state index contributed by atoms with van der Waals surface area (Å²) in [7, 11) is -2.06. The van der Waals surface area contributed by atoms with Crippen LogP contribution in [0.2, 0.25) is 0 Å². The largest absolute Gasteiger partial charge is 0.496 e. The van der Waals surface area contributed by atoms with Crippen LogP contribution in [0.15, 0.2) is 53.4 Å². The Hall–Kier alpha value is -2.18. The Morgan fingerprint density at radius 2 is 1.81 bits per heavy atom. The highest BCUT2D eigenvalue weighted by atomic mass is 32.2. The lowest BCUT2D eigenvalue weighted by Gasteiger charge is -2.31. The number of sulfonamides is 1. The van der Waals surface area contributed by atoms with Crippen LogP contribution in [0.25, 0.3) is 0 Å². The maximum atomic E-state index is 12.9. The highest BCUT2D eigenvalue weighted by molar-refractivity contribution is 7.89. The predicted octanol–water partition coefficient (Wildman–Crippen LogP) is 3.29. The second-order valence-electron chi connectivity index (χ2n) is 6.58. The number of hydrogen-bond donors (Lipinski definition) is 0. The summed E-state index contributed by atoms with van der Waals surface area (Å²) in [6, 6.07) is 13.9. The third-order valence-corrected chi connectivity index (χ3v) is 6.67. The molecule has 1 aliphatic rings. The van der Waals surface area contributed by atoms with E-state index in [-0.39, 0.29) is 23.1 Å². The summed E-state index contributed by atoms with van der Waals surface area (Å²) >= 11 is 0. The molecule has 1 atom stereocenters.